The third-order valence-electron chi connectivity index (χ3n) is 7.78. The van der Waals surface area contributed by atoms with Crippen molar-refractivity contribution in [3.8, 4) is 11.3 Å². The Balaban J connectivity index is 1.57. The number of aromatic nitrogens is 1. The van der Waals surface area contributed by atoms with E-state index in [1.54, 1.807) is 6.07 Å². The Labute approximate surface area is 260 Å². The van der Waals surface area contributed by atoms with Gasteiger partial charge < -0.3 is 19.5 Å². The van der Waals surface area contributed by atoms with Crippen LogP contribution in [0.1, 0.15) is 69.8 Å². The first-order valence-electron chi connectivity index (χ1n) is 13.6. The molecule has 9 nitrogen and oxygen atoms in total. The highest BCUT2D eigenvalue weighted by molar-refractivity contribution is 14.1. The lowest BCUT2D eigenvalue weighted by atomic mass is 9.79. The number of benzene rings is 1. The fourth-order valence-electron chi connectivity index (χ4n) is 4.70. The van der Waals surface area contributed by atoms with E-state index in [0.717, 1.165) is 24.6 Å². The summed E-state index contributed by atoms with van der Waals surface area (Å²) in [6.07, 6.45) is 5.23. The van der Waals surface area contributed by atoms with Gasteiger partial charge in [0.25, 0.3) is 5.91 Å². The fourth-order valence-corrected chi connectivity index (χ4v) is 6.20. The van der Waals surface area contributed by atoms with Gasteiger partial charge >= 0.3 is 7.12 Å². The average molecular weight is 711 g/mol. The summed E-state index contributed by atoms with van der Waals surface area (Å²) >= 11 is 2.12. The maximum Gasteiger partial charge on any atom is 0.489 e. The number of alkyl halides is 1. The molecule has 13 heteroatoms. The molecule has 0 radical (unpaired) electrons. The largest absolute Gasteiger partial charge is 0.489 e. The number of anilines is 1. The fraction of sp³-hybridized carbons (Fsp3) is 0.448. The maximum absolute atomic E-state index is 13.5. The lowest BCUT2D eigenvalue weighted by molar-refractivity contribution is 0.00578. The Morgan fingerprint density at radius 1 is 1.14 bits per heavy atom. The Morgan fingerprint density at radius 3 is 2.31 bits per heavy atom. The summed E-state index contributed by atoms with van der Waals surface area (Å²) in [5.74, 6) is -0.785. The van der Waals surface area contributed by atoms with E-state index in [1.165, 1.54) is 28.6 Å². The summed E-state index contributed by atoms with van der Waals surface area (Å²) in [5, 5.41) is 0.369. The van der Waals surface area contributed by atoms with Crippen molar-refractivity contribution in [1.82, 2.24) is 4.98 Å². The van der Waals surface area contributed by atoms with Crippen LogP contribution in [0.15, 0.2) is 46.3 Å². The summed E-state index contributed by atoms with van der Waals surface area (Å²) in [6.45, 7) is 10.2. The molecule has 1 aliphatic heterocycles. The molecule has 3 aromatic rings. The predicted molar refractivity (Wildman–Crippen MR) is 172 cm³/mol. The van der Waals surface area contributed by atoms with E-state index >= 15 is 0 Å². The molecule has 0 aliphatic carbocycles. The zero-order chi connectivity index (χ0) is 31.0. The first-order chi connectivity index (χ1) is 19.6. The number of hydrogen-bond donors (Lipinski definition) is 1. The summed E-state index contributed by atoms with van der Waals surface area (Å²) in [7, 11) is -4.12. The van der Waals surface area contributed by atoms with Gasteiger partial charge in [-0.2, -0.15) is 4.98 Å². The van der Waals surface area contributed by atoms with Crippen LogP contribution in [-0.4, -0.2) is 50.4 Å². The molecule has 0 atom stereocenters. The minimum Gasteiger partial charge on any atom is -0.437 e. The van der Waals surface area contributed by atoms with E-state index in [1.807, 2.05) is 34.6 Å². The van der Waals surface area contributed by atoms with Gasteiger partial charge in [-0.1, -0.05) is 28.7 Å². The number of furan rings is 1. The van der Waals surface area contributed by atoms with Crippen LogP contribution in [0, 0.1) is 5.82 Å². The van der Waals surface area contributed by atoms with Crippen LogP contribution in [0.4, 0.5) is 10.2 Å². The number of hydrogen-bond acceptors (Lipinski definition) is 7. The molecule has 3 heterocycles. The number of carbonyl (C=O) groups excluding carboxylic acids is 1. The van der Waals surface area contributed by atoms with Crippen LogP contribution >= 0.6 is 22.6 Å². The third kappa shape index (κ3) is 6.68. The second-order valence-corrected chi connectivity index (χ2v) is 14.2. The minimum atomic E-state index is -3.70. The SMILES string of the molecule is CC(=CCCCCN(c1nc2oc(-c3ccc(F)cc3)c(C(N)=O)c2cc1CI)S(C)(=O)=O)B1OC(C)(C)C(C)(C)O1. The lowest BCUT2D eigenvalue weighted by Gasteiger charge is -2.32. The molecule has 0 spiro atoms. The van der Waals surface area contributed by atoms with Gasteiger partial charge in [-0.05, 0) is 89.7 Å². The van der Waals surface area contributed by atoms with Gasteiger partial charge in [0.1, 0.15) is 17.4 Å². The van der Waals surface area contributed by atoms with Crippen molar-refractivity contribution >= 4 is 62.6 Å². The number of primary amides is 1. The summed E-state index contributed by atoms with van der Waals surface area (Å²) in [6, 6.07) is 7.14. The first-order valence-corrected chi connectivity index (χ1v) is 17.0. The molecule has 42 heavy (non-hydrogen) atoms. The molecule has 226 valence electrons. The maximum atomic E-state index is 13.5. The quantitative estimate of drug-likeness (QED) is 0.109. The van der Waals surface area contributed by atoms with Crippen LogP contribution < -0.4 is 10.0 Å². The number of unbranched alkanes of at least 4 members (excludes halogenated alkanes) is 2. The van der Waals surface area contributed by atoms with Gasteiger partial charge in [-0.3, -0.25) is 9.10 Å². The molecule has 2 N–H and O–H groups in total. The Kier molecular flexibility index (Phi) is 9.46. The highest BCUT2D eigenvalue weighted by atomic mass is 127. The smallest absolute Gasteiger partial charge is 0.437 e. The van der Waals surface area contributed by atoms with Crippen LogP contribution in [-0.2, 0) is 23.8 Å². The van der Waals surface area contributed by atoms with Gasteiger partial charge in [-0.25, -0.2) is 12.8 Å². The lowest BCUT2D eigenvalue weighted by Crippen LogP contribution is -2.41. The molecule has 2 aromatic heterocycles. The molecule has 1 fully saturated rings. The highest BCUT2D eigenvalue weighted by Gasteiger charge is 2.51. The number of sulfonamides is 1. The zero-order valence-electron chi connectivity index (χ0n) is 24.7. The molecule has 4 rings (SSSR count). The summed E-state index contributed by atoms with van der Waals surface area (Å²) < 4.78 is 59.2. The van der Waals surface area contributed by atoms with Gasteiger partial charge in [0, 0.05) is 22.1 Å². The molecule has 1 saturated heterocycles. The Morgan fingerprint density at radius 2 is 1.76 bits per heavy atom. The molecular formula is C29H36BFIN3O6S. The normalized spacial score (nSPS) is 16.8. The number of halogens is 2. The van der Waals surface area contributed by atoms with Crippen LogP contribution in [0.5, 0.6) is 0 Å². The molecule has 0 saturated carbocycles. The summed E-state index contributed by atoms with van der Waals surface area (Å²) in [4.78, 5) is 17.0. The number of allylic oxidation sites excluding steroid dienone is 2. The van der Waals surface area contributed by atoms with Crippen molar-refractivity contribution in [1.29, 1.82) is 0 Å². The van der Waals surface area contributed by atoms with E-state index < -0.39 is 40.1 Å². The van der Waals surface area contributed by atoms with Gasteiger partial charge in [-0.15, -0.1) is 0 Å². The van der Waals surface area contributed by atoms with Crippen molar-refractivity contribution in [2.24, 2.45) is 5.73 Å². The minimum absolute atomic E-state index is 0.0707. The monoisotopic (exact) mass is 711 g/mol. The summed E-state index contributed by atoms with van der Waals surface area (Å²) in [5.41, 5.74) is 7.09. The topological polar surface area (TPSA) is 125 Å². The molecule has 1 aromatic carbocycles. The van der Waals surface area contributed by atoms with Crippen molar-refractivity contribution in [2.75, 3.05) is 17.1 Å². The molecule has 1 aliphatic rings. The average Bonchev–Trinajstić information content (AvgIpc) is 3.37. The van der Waals surface area contributed by atoms with Crippen LogP contribution in [0.2, 0.25) is 0 Å². The molecular weight excluding hydrogens is 675 g/mol. The van der Waals surface area contributed by atoms with E-state index in [-0.39, 0.29) is 29.4 Å². The van der Waals surface area contributed by atoms with Crippen LogP contribution in [0.25, 0.3) is 22.4 Å². The van der Waals surface area contributed by atoms with E-state index in [4.69, 9.17) is 19.5 Å². The van der Waals surface area contributed by atoms with Crippen molar-refractivity contribution in [3.05, 3.63) is 58.8 Å². The van der Waals surface area contributed by atoms with Crippen LogP contribution in [0.3, 0.4) is 0 Å². The zero-order valence-corrected chi connectivity index (χ0v) is 27.6. The van der Waals surface area contributed by atoms with Gasteiger partial charge in [0.05, 0.1) is 28.4 Å². The van der Waals surface area contributed by atoms with Crippen molar-refractivity contribution < 1.29 is 31.3 Å². The Hall–Kier alpha value is -2.49. The first kappa shape index (κ1) is 32.4. The standard InChI is InChI=1S/C29H36BFIN3O6S/c1-18(30-40-28(2,3)29(4,5)41-30)10-8-7-9-15-35(42(6,37)38)26-20(17-32)16-22-23(25(33)36)24(39-27(22)34-26)19-11-13-21(31)14-12-19/h10-14,16H,7-9,15,17H2,1-6H3,(H2,33,36). The number of rotatable bonds is 11. The van der Waals surface area contributed by atoms with E-state index in [2.05, 4.69) is 33.7 Å². The predicted octanol–water partition coefficient (Wildman–Crippen LogP) is 6.18. The Bertz CT molecular complexity index is 1610. The number of pyridine rings is 1. The van der Waals surface area contributed by atoms with Crippen molar-refractivity contribution in [3.63, 3.8) is 0 Å². The number of carbonyl (C=O) groups is 1. The van der Waals surface area contributed by atoms with Crippen molar-refractivity contribution in [2.45, 2.75) is 69.5 Å². The number of fused-ring (bicyclic) bond motifs is 1. The molecule has 1 amide bonds. The number of nitrogens with zero attached hydrogens (tertiary/aromatic N) is 2. The third-order valence-corrected chi connectivity index (χ3v) is 9.76. The number of nitrogens with two attached hydrogens (primary N) is 1. The van der Waals surface area contributed by atoms with Gasteiger partial charge in [0.2, 0.25) is 15.7 Å². The second-order valence-electron chi connectivity index (χ2n) is 11.5. The second kappa shape index (κ2) is 12.3. The van der Waals surface area contributed by atoms with E-state index in [9.17, 15) is 17.6 Å². The molecule has 0 bridgehead atoms. The number of amides is 1. The molecule has 0 unspecified atom stereocenters. The van der Waals surface area contributed by atoms with E-state index in [0.29, 0.717) is 27.4 Å². The highest BCUT2D eigenvalue weighted by Crippen LogP contribution is 2.39. The van der Waals surface area contributed by atoms with Gasteiger partial charge in [0.15, 0.2) is 0 Å².